The molecule has 0 aliphatic carbocycles. The van der Waals surface area contributed by atoms with E-state index < -0.39 is 0 Å². The summed E-state index contributed by atoms with van der Waals surface area (Å²) in [4.78, 5) is 27.1. The van der Waals surface area contributed by atoms with Crippen LogP contribution in [0.25, 0.3) is 22.0 Å². The Balaban J connectivity index is 1.21. The molecule has 6 rings (SSSR count). The van der Waals surface area contributed by atoms with Gasteiger partial charge < -0.3 is 5.32 Å². The predicted molar refractivity (Wildman–Crippen MR) is 150 cm³/mol. The van der Waals surface area contributed by atoms with Crippen LogP contribution in [0.2, 0.25) is 0 Å². The molecule has 1 amide bonds. The van der Waals surface area contributed by atoms with E-state index in [1.54, 1.807) is 6.20 Å². The molecule has 0 radical (unpaired) electrons. The third-order valence-corrected chi connectivity index (χ3v) is 7.80. The number of amides is 1. The molecule has 0 bridgehead atoms. The van der Waals surface area contributed by atoms with Crippen molar-refractivity contribution >= 4 is 22.6 Å². The zero-order valence-electron chi connectivity index (χ0n) is 22.1. The normalized spacial score (nSPS) is 16.8. The molecule has 2 aliphatic rings. The number of anilines is 1. The minimum atomic E-state index is -0.152. The van der Waals surface area contributed by atoms with Gasteiger partial charge in [-0.25, -0.2) is 4.98 Å². The van der Waals surface area contributed by atoms with E-state index in [9.17, 15) is 4.79 Å². The van der Waals surface area contributed by atoms with Crippen molar-refractivity contribution < 1.29 is 4.79 Å². The number of likely N-dealkylation sites (tertiary alicyclic amines) is 2. The summed E-state index contributed by atoms with van der Waals surface area (Å²) >= 11 is 0. The lowest BCUT2D eigenvalue weighted by Crippen LogP contribution is -2.30. The Kier molecular flexibility index (Phi) is 7.16. The number of hydrogen-bond donors (Lipinski definition) is 1. The van der Waals surface area contributed by atoms with Crippen LogP contribution < -0.4 is 5.32 Å². The van der Waals surface area contributed by atoms with E-state index in [0.29, 0.717) is 11.4 Å². The minimum absolute atomic E-state index is 0.152. The first-order chi connectivity index (χ1) is 18.6. The monoisotopic (exact) mass is 509 g/mol. The first kappa shape index (κ1) is 24.7. The number of hydrogen-bond acceptors (Lipinski definition) is 6. The third kappa shape index (κ3) is 5.47. The highest BCUT2D eigenvalue weighted by Gasteiger charge is 2.18. The molecule has 2 aliphatic heterocycles. The van der Waals surface area contributed by atoms with Gasteiger partial charge in [0, 0.05) is 48.4 Å². The maximum Gasteiger partial charge on any atom is 0.256 e. The average Bonchev–Trinajstić information content (AvgIpc) is 3.59. The summed E-state index contributed by atoms with van der Waals surface area (Å²) in [6, 6.07) is 11.9. The van der Waals surface area contributed by atoms with Crippen LogP contribution in [-0.2, 0) is 20.1 Å². The number of aromatic nitrogens is 4. The largest absolute Gasteiger partial charge is 0.307 e. The number of benzene rings is 1. The Morgan fingerprint density at radius 1 is 0.868 bits per heavy atom. The molecule has 0 atom stereocenters. The Morgan fingerprint density at radius 3 is 2.45 bits per heavy atom. The van der Waals surface area contributed by atoms with Crippen LogP contribution in [0.3, 0.4) is 0 Å². The van der Waals surface area contributed by atoms with Crippen LogP contribution in [0.5, 0.6) is 0 Å². The van der Waals surface area contributed by atoms with Crippen molar-refractivity contribution in [3.8, 4) is 11.1 Å². The number of aryl methyl sites for hydroxylation is 1. The van der Waals surface area contributed by atoms with Gasteiger partial charge in [0.25, 0.3) is 5.91 Å². The molecule has 8 heteroatoms. The number of fused-ring (bicyclic) bond motifs is 1. The molecule has 196 valence electrons. The molecule has 3 aromatic heterocycles. The number of piperidine rings is 1. The molecule has 5 heterocycles. The van der Waals surface area contributed by atoms with Gasteiger partial charge in [0.1, 0.15) is 5.82 Å². The van der Waals surface area contributed by atoms with Gasteiger partial charge in [-0.15, -0.1) is 0 Å². The summed E-state index contributed by atoms with van der Waals surface area (Å²) in [6.45, 7) is 6.31. The van der Waals surface area contributed by atoms with Crippen molar-refractivity contribution in [2.24, 2.45) is 7.05 Å². The standard InChI is InChI=1S/C30H35N7O/c1-35-28(21-37-10-3-2-4-11-37)26(18-33-35)25-15-24-16-29(32-19-27(24)31-17-25)34-30(38)23-9-7-8-22(14-23)20-36-12-5-6-13-36/h7-9,14-19H,2-6,10-13,20-21H2,1H3,(H,32,34,38). The maximum atomic E-state index is 13.1. The fourth-order valence-corrected chi connectivity index (χ4v) is 5.67. The summed E-state index contributed by atoms with van der Waals surface area (Å²) in [5.74, 6) is 0.367. The topological polar surface area (TPSA) is 79.2 Å². The summed E-state index contributed by atoms with van der Waals surface area (Å²) in [5, 5.41) is 8.48. The molecule has 0 saturated carbocycles. The SMILES string of the molecule is Cn1ncc(-c2cnc3cnc(NC(=O)c4cccc(CN5CCCC5)c4)cc3c2)c1CN1CCCCC1. The minimum Gasteiger partial charge on any atom is -0.307 e. The van der Waals surface area contributed by atoms with Crippen LogP contribution in [0.4, 0.5) is 5.82 Å². The van der Waals surface area contributed by atoms with Gasteiger partial charge in [0.05, 0.1) is 23.6 Å². The number of carbonyl (C=O) groups is 1. The van der Waals surface area contributed by atoms with Crippen LogP contribution in [0.1, 0.15) is 53.7 Å². The number of pyridine rings is 2. The Morgan fingerprint density at radius 2 is 1.63 bits per heavy atom. The summed E-state index contributed by atoms with van der Waals surface area (Å²) in [7, 11) is 2.01. The van der Waals surface area contributed by atoms with E-state index in [0.717, 1.165) is 66.9 Å². The van der Waals surface area contributed by atoms with Gasteiger partial charge in [-0.05, 0) is 81.7 Å². The second-order valence-electron chi connectivity index (χ2n) is 10.6. The Labute approximate surface area is 223 Å². The van der Waals surface area contributed by atoms with Gasteiger partial charge in [-0.2, -0.15) is 5.10 Å². The molecule has 0 spiro atoms. The third-order valence-electron chi connectivity index (χ3n) is 7.80. The molecule has 38 heavy (non-hydrogen) atoms. The van der Waals surface area contributed by atoms with Gasteiger partial charge in [-0.3, -0.25) is 24.3 Å². The van der Waals surface area contributed by atoms with Crippen LogP contribution in [-0.4, -0.2) is 61.6 Å². The lowest BCUT2D eigenvalue weighted by molar-refractivity contribution is 0.102. The zero-order valence-corrected chi connectivity index (χ0v) is 22.1. The molecule has 1 N–H and O–H groups in total. The van der Waals surface area contributed by atoms with Gasteiger partial charge in [0.15, 0.2) is 0 Å². The van der Waals surface area contributed by atoms with E-state index in [1.165, 1.54) is 37.8 Å². The van der Waals surface area contributed by atoms with Gasteiger partial charge in [-0.1, -0.05) is 18.6 Å². The Bertz CT molecular complexity index is 1430. The highest BCUT2D eigenvalue weighted by atomic mass is 16.1. The van der Waals surface area contributed by atoms with Crippen LogP contribution in [0.15, 0.2) is 55.0 Å². The summed E-state index contributed by atoms with van der Waals surface area (Å²) < 4.78 is 1.98. The van der Waals surface area contributed by atoms with Crippen molar-refractivity contribution in [2.45, 2.75) is 45.2 Å². The molecular weight excluding hydrogens is 474 g/mol. The van der Waals surface area contributed by atoms with Crippen LogP contribution >= 0.6 is 0 Å². The van der Waals surface area contributed by atoms with Crippen molar-refractivity contribution in [2.75, 3.05) is 31.5 Å². The van der Waals surface area contributed by atoms with Crippen molar-refractivity contribution in [1.82, 2.24) is 29.5 Å². The van der Waals surface area contributed by atoms with E-state index in [4.69, 9.17) is 0 Å². The van der Waals surface area contributed by atoms with E-state index >= 15 is 0 Å². The molecule has 1 aromatic carbocycles. The lowest BCUT2D eigenvalue weighted by atomic mass is 10.0. The molecule has 2 fully saturated rings. The molecule has 4 aromatic rings. The van der Waals surface area contributed by atoms with Gasteiger partial charge >= 0.3 is 0 Å². The second-order valence-corrected chi connectivity index (χ2v) is 10.6. The molecule has 2 saturated heterocycles. The smallest absolute Gasteiger partial charge is 0.256 e. The van der Waals surface area contributed by atoms with E-state index in [2.05, 4.69) is 42.3 Å². The lowest BCUT2D eigenvalue weighted by Gasteiger charge is -2.26. The second kappa shape index (κ2) is 11.0. The summed E-state index contributed by atoms with van der Waals surface area (Å²) in [5.41, 5.74) is 5.93. The molecule has 0 unspecified atom stereocenters. The number of nitrogens with one attached hydrogen (secondary N) is 1. The number of rotatable bonds is 7. The predicted octanol–water partition coefficient (Wildman–Crippen LogP) is 4.86. The summed E-state index contributed by atoms with van der Waals surface area (Å²) in [6.07, 6.45) is 11.9. The van der Waals surface area contributed by atoms with Crippen molar-refractivity contribution in [1.29, 1.82) is 0 Å². The van der Waals surface area contributed by atoms with Crippen molar-refractivity contribution in [3.05, 3.63) is 71.8 Å². The maximum absolute atomic E-state index is 13.1. The highest BCUT2D eigenvalue weighted by Crippen LogP contribution is 2.28. The first-order valence-corrected chi connectivity index (χ1v) is 13.7. The molecule has 8 nitrogen and oxygen atoms in total. The highest BCUT2D eigenvalue weighted by molar-refractivity contribution is 6.04. The first-order valence-electron chi connectivity index (χ1n) is 13.7. The molecular formula is C30H35N7O. The van der Waals surface area contributed by atoms with Crippen LogP contribution in [0, 0.1) is 0 Å². The number of carbonyl (C=O) groups excluding carboxylic acids is 1. The fourth-order valence-electron chi connectivity index (χ4n) is 5.67. The van der Waals surface area contributed by atoms with Gasteiger partial charge in [0.2, 0.25) is 0 Å². The Hall–Kier alpha value is -3.62. The average molecular weight is 510 g/mol. The number of nitrogens with zero attached hydrogens (tertiary/aromatic N) is 6. The van der Waals surface area contributed by atoms with E-state index in [1.807, 2.05) is 48.4 Å². The quantitative estimate of drug-likeness (QED) is 0.383. The zero-order chi connectivity index (χ0) is 25.9. The van der Waals surface area contributed by atoms with E-state index in [-0.39, 0.29) is 5.91 Å². The fraction of sp³-hybridized carbons (Fsp3) is 0.400. The van der Waals surface area contributed by atoms with Crippen molar-refractivity contribution in [3.63, 3.8) is 0 Å².